The summed E-state index contributed by atoms with van der Waals surface area (Å²) in [6.07, 6.45) is 0. The number of aryl methyl sites for hydroxylation is 1. The predicted octanol–water partition coefficient (Wildman–Crippen LogP) is 4.81. The fourth-order valence-corrected chi connectivity index (χ4v) is 2.57. The Hall–Kier alpha value is -1.13. The van der Waals surface area contributed by atoms with Gasteiger partial charge >= 0.3 is 0 Å². The summed E-state index contributed by atoms with van der Waals surface area (Å²) in [5, 5.41) is 3.14. The Morgan fingerprint density at radius 1 is 1.11 bits per heavy atom. The van der Waals surface area contributed by atoms with Crippen LogP contribution in [0.5, 0.6) is 0 Å². The van der Waals surface area contributed by atoms with Gasteiger partial charge in [-0.15, -0.1) is 0 Å². The fraction of sp³-hybridized carbons (Fsp3) is 0.133. The average Bonchev–Trinajstić information content (AvgIpc) is 2.38. The molecule has 19 heavy (non-hydrogen) atoms. The molecule has 2 nitrogen and oxygen atoms in total. The van der Waals surface area contributed by atoms with Crippen molar-refractivity contribution in [1.82, 2.24) is 0 Å². The van der Waals surface area contributed by atoms with Crippen LogP contribution in [0.1, 0.15) is 15.9 Å². The standard InChI is InChI=1S/C15H13Br2NO/c1-10-2-7-14(13(17)8-10)18-9-15(19)11-3-5-12(16)6-4-11/h2-8,18H,9H2,1H3. The third kappa shape index (κ3) is 3.91. The number of carbonyl (C=O) groups is 1. The van der Waals surface area contributed by atoms with E-state index in [1.54, 1.807) is 0 Å². The molecular weight excluding hydrogens is 370 g/mol. The highest BCUT2D eigenvalue weighted by Crippen LogP contribution is 2.23. The first-order valence-electron chi connectivity index (χ1n) is 5.85. The molecule has 2 rings (SSSR count). The molecule has 0 aliphatic rings. The van der Waals surface area contributed by atoms with Crippen LogP contribution in [0.3, 0.4) is 0 Å². The highest BCUT2D eigenvalue weighted by atomic mass is 79.9. The number of Topliss-reactive ketones (excluding diaryl/α,β-unsaturated/α-hetero) is 1. The van der Waals surface area contributed by atoms with Gasteiger partial charge in [-0.2, -0.15) is 0 Å². The summed E-state index contributed by atoms with van der Waals surface area (Å²) in [5.74, 6) is 0.0694. The van der Waals surface area contributed by atoms with E-state index >= 15 is 0 Å². The molecule has 0 unspecified atom stereocenters. The third-order valence-corrected chi connectivity index (χ3v) is 3.91. The van der Waals surface area contributed by atoms with Crippen LogP contribution in [0, 0.1) is 6.92 Å². The lowest BCUT2D eigenvalue weighted by Gasteiger charge is -2.08. The van der Waals surface area contributed by atoms with Crippen LogP contribution in [0.15, 0.2) is 51.4 Å². The highest BCUT2D eigenvalue weighted by molar-refractivity contribution is 9.10. The van der Waals surface area contributed by atoms with Crippen LogP contribution in [0.4, 0.5) is 5.69 Å². The molecule has 0 saturated carbocycles. The first-order chi connectivity index (χ1) is 9.06. The maximum Gasteiger partial charge on any atom is 0.181 e. The molecule has 0 aliphatic carbocycles. The number of hydrogen-bond donors (Lipinski definition) is 1. The first kappa shape index (κ1) is 14.3. The summed E-state index contributed by atoms with van der Waals surface area (Å²) in [7, 11) is 0. The first-order valence-corrected chi connectivity index (χ1v) is 7.43. The van der Waals surface area contributed by atoms with Crippen molar-refractivity contribution in [2.45, 2.75) is 6.92 Å². The van der Waals surface area contributed by atoms with E-state index in [-0.39, 0.29) is 12.3 Å². The zero-order valence-electron chi connectivity index (χ0n) is 10.4. The maximum absolute atomic E-state index is 12.0. The van der Waals surface area contributed by atoms with E-state index in [4.69, 9.17) is 0 Å². The molecule has 0 aliphatic heterocycles. The SMILES string of the molecule is Cc1ccc(NCC(=O)c2ccc(Br)cc2)c(Br)c1. The molecule has 0 atom stereocenters. The van der Waals surface area contributed by atoms with Crippen molar-refractivity contribution in [1.29, 1.82) is 0 Å². The smallest absolute Gasteiger partial charge is 0.181 e. The number of hydrogen-bond acceptors (Lipinski definition) is 2. The fourth-order valence-electron chi connectivity index (χ4n) is 1.68. The topological polar surface area (TPSA) is 29.1 Å². The number of halogens is 2. The summed E-state index contributed by atoms with van der Waals surface area (Å²) >= 11 is 6.84. The van der Waals surface area contributed by atoms with E-state index < -0.39 is 0 Å². The molecule has 0 bridgehead atoms. The van der Waals surface area contributed by atoms with E-state index in [9.17, 15) is 4.79 Å². The molecule has 4 heteroatoms. The molecule has 0 aromatic heterocycles. The second kappa shape index (κ2) is 6.35. The Morgan fingerprint density at radius 2 is 1.79 bits per heavy atom. The van der Waals surface area contributed by atoms with Crippen LogP contribution in [0.2, 0.25) is 0 Å². The van der Waals surface area contributed by atoms with Crippen molar-refractivity contribution >= 4 is 43.3 Å². The van der Waals surface area contributed by atoms with Crippen LogP contribution in [-0.4, -0.2) is 12.3 Å². The van der Waals surface area contributed by atoms with Gasteiger partial charge in [0.05, 0.1) is 6.54 Å². The van der Waals surface area contributed by atoms with Crippen LogP contribution in [-0.2, 0) is 0 Å². The van der Waals surface area contributed by atoms with Gasteiger partial charge in [0.1, 0.15) is 0 Å². The quantitative estimate of drug-likeness (QED) is 0.768. The van der Waals surface area contributed by atoms with Gasteiger partial charge < -0.3 is 5.32 Å². The summed E-state index contributed by atoms with van der Waals surface area (Å²) in [6, 6.07) is 13.4. The maximum atomic E-state index is 12.0. The lowest BCUT2D eigenvalue weighted by atomic mass is 10.1. The van der Waals surface area contributed by atoms with Crippen LogP contribution in [0.25, 0.3) is 0 Å². The van der Waals surface area contributed by atoms with E-state index in [1.807, 2.05) is 49.4 Å². The number of ketones is 1. The zero-order valence-corrected chi connectivity index (χ0v) is 13.6. The van der Waals surface area contributed by atoms with E-state index in [0.29, 0.717) is 5.56 Å². The van der Waals surface area contributed by atoms with Gasteiger partial charge in [-0.1, -0.05) is 34.1 Å². The predicted molar refractivity (Wildman–Crippen MR) is 85.8 cm³/mol. The average molecular weight is 383 g/mol. The summed E-state index contributed by atoms with van der Waals surface area (Å²) < 4.78 is 1.94. The van der Waals surface area contributed by atoms with Crippen LogP contribution >= 0.6 is 31.9 Å². The minimum atomic E-state index is 0.0694. The van der Waals surface area contributed by atoms with E-state index in [2.05, 4.69) is 37.2 Å². The Kier molecular flexibility index (Phi) is 4.77. The van der Waals surface area contributed by atoms with Crippen molar-refractivity contribution in [2.24, 2.45) is 0 Å². The molecule has 0 fully saturated rings. The van der Waals surface area contributed by atoms with Crippen molar-refractivity contribution < 1.29 is 4.79 Å². The molecule has 98 valence electrons. The summed E-state index contributed by atoms with van der Waals surface area (Å²) in [6.45, 7) is 2.31. The lowest BCUT2D eigenvalue weighted by molar-refractivity contribution is 0.101. The van der Waals surface area contributed by atoms with Gasteiger partial charge in [0.15, 0.2) is 5.78 Å². The number of nitrogens with one attached hydrogen (secondary N) is 1. The third-order valence-electron chi connectivity index (χ3n) is 2.73. The normalized spacial score (nSPS) is 10.3. The second-order valence-corrected chi connectivity index (χ2v) is 6.04. The van der Waals surface area contributed by atoms with Crippen LogP contribution < -0.4 is 5.32 Å². The van der Waals surface area contributed by atoms with Crippen molar-refractivity contribution in [2.75, 3.05) is 11.9 Å². The largest absolute Gasteiger partial charge is 0.377 e. The molecule has 1 N–H and O–H groups in total. The highest BCUT2D eigenvalue weighted by Gasteiger charge is 2.06. The minimum absolute atomic E-state index is 0.0694. The van der Waals surface area contributed by atoms with E-state index in [0.717, 1.165) is 14.6 Å². The summed E-state index contributed by atoms with van der Waals surface area (Å²) in [4.78, 5) is 12.0. The Balaban J connectivity index is 2.02. The second-order valence-electron chi connectivity index (χ2n) is 4.27. The van der Waals surface area contributed by atoms with Gasteiger partial charge in [-0.3, -0.25) is 4.79 Å². The molecule has 0 radical (unpaired) electrons. The monoisotopic (exact) mass is 381 g/mol. The Bertz CT molecular complexity index is 594. The lowest BCUT2D eigenvalue weighted by Crippen LogP contribution is -2.14. The molecular formula is C15H13Br2NO. The number of rotatable bonds is 4. The van der Waals surface area contributed by atoms with Gasteiger partial charge in [0, 0.05) is 20.2 Å². The van der Waals surface area contributed by atoms with Crippen molar-refractivity contribution in [3.05, 3.63) is 62.5 Å². The van der Waals surface area contributed by atoms with E-state index in [1.165, 1.54) is 5.56 Å². The number of benzene rings is 2. The van der Waals surface area contributed by atoms with Gasteiger partial charge in [0.25, 0.3) is 0 Å². The summed E-state index contributed by atoms with van der Waals surface area (Å²) in [5.41, 5.74) is 2.81. The van der Waals surface area contributed by atoms with Crippen molar-refractivity contribution in [3.8, 4) is 0 Å². The molecule has 0 amide bonds. The Labute approximate surface area is 129 Å². The van der Waals surface area contributed by atoms with Gasteiger partial charge in [0.2, 0.25) is 0 Å². The molecule has 0 saturated heterocycles. The zero-order chi connectivity index (χ0) is 13.8. The Morgan fingerprint density at radius 3 is 2.42 bits per heavy atom. The minimum Gasteiger partial charge on any atom is -0.377 e. The van der Waals surface area contributed by atoms with Gasteiger partial charge in [-0.25, -0.2) is 0 Å². The number of anilines is 1. The molecule has 0 spiro atoms. The molecule has 0 heterocycles. The number of carbonyl (C=O) groups excluding carboxylic acids is 1. The molecule has 2 aromatic carbocycles. The van der Waals surface area contributed by atoms with Gasteiger partial charge in [-0.05, 0) is 52.7 Å². The molecule has 2 aromatic rings. The van der Waals surface area contributed by atoms with Crippen molar-refractivity contribution in [3.63, 3.8) is 0 Å².